The van der Waals surface area contributed by atoms with Crippen molar-refractivity contribution in [3.8, 4) is 0 Å². The second-order valence-electron chi connectivity index (χ2n) is 3.93. The molecule has 1 aromatic heterocycles. The van der Waals surface area contributed by atoms with Gasteiger partial charge in [-0.3, -0.25) is 4.79 Å². The molecule has 0 aliphatic heterocycles. The van der Waals surface area contributed by atoms with E-state index in [1.165, 1.54) is 0 Å². The van der Waals surface area contributed by atoms with Crippen molar-refractivity contribution in [3.05, 3.63) is 73.1 Å². The second-order valence-corrected chi connectivity index (χ2v) is 3.93. The molecule has 0 N–H and O–H groups in total. The summed E-state index contributed by atoms with van der Waals surface area (Å²) in [6.45, 7) is 6.40. The van der Waals surface area contributed by atoms with Crippen LogP contribution in [0.4, 0.5) is 0 Å². The molecule has 19 heavy (non-hydrogen) atoms. The van der Waals surface area contributed by atoms with Gasteiger partial charge in [-0.1, -0.05) is 24.8 Å². The Kier molecular flexibility index (Phi) is 6.70. The maximum absolute atomic E-state index is 11.6. The van der Waals surface area contributed by atoms with Crippen molar-refractivity contribution >= 4 is 5.78 Å². The van der Waals surface area contributed by atoms with Gasteiger partial charge in [0.1, 0.15) is 0 Å². The van der Waals surface area contributed by atoms with Crippen LogP contribution in [0, 0.1) is 0 Å². The van der Waals surface area contributed by atoms with E-state index in [4.69, 9.17) is 0 Å². The predicted octanol–water partition coefficient (Wildman–Crippen LogP) is 3.24. The fourth-order valence-electron chi connectivity index (χ4n) is 1.30. The minimum atomic E-state index is 0.0701. The Balaban J connectivity index is 2.37. The molecule has 0 spiro atoms. The molecule has 3 nitrogen and oxygen atoms in total. The summed E-state index contributed by atoms with van der Waals surface area (Å²) in [6.07, 6.45) is 16.3. The number of ketones is 1. The number of allylic oxidation sites excluding steroid dienone is 6. The van der Waals surface area contributed by atoms with Gasteiger partial charge in [0.15, 0.2) is 5.78 Å². The highest BCUT2D eigenvalue weighted by atomic mass is 16.1. The van der Waals surface area contributed by atoms with Crippen molar-refractivity contribution in [2.24, 2.45) is 0 Å². The van der Waals surface area contributed by atoms with E-state index >= 15 is 0 Å². The Morgan fingerprint density at radius 2 is 2.32 bits per heavy atom. The van der Waals surface area contributed by atoms with E-state index in [2.05, 4.69) is 17.3 Å². The first-order valence-corrected chi connectivity index (χ1v) is 6.11. The number of rotatable bonds is 7. The molecule has 3 heteroatoms. The highest BCUT2D eigenvalue weighted by molar-refractivity contribution is 5.90. The predicted molar refractivity (Wildman–Crippen MR) is 77.6 cm³/mol. The van der Waals surface area contributed by atoms with Crippen LogP contribution in [0.2, 0.25) is 0 Å². The van der Waals surface area contributed by atoms with E-state index < -0.39 is 0 Å². The molecule has 0 aromatic carbocycles. The summed E-state index contributed by atoms with van der Waals surface area (Å²) >= 11 is 0. The first-order valence-electron chi connectivity index (χ1n) is 6.11. The van der Waals surface area contributed by atoms with Crippen molar-refractivity contribution in [3.63, 3.8) is 0 Å². The van der Waals surface area contributed by atoms with E-state index in [0.717, 1.165) is 5.57 Å². The van der Waals surface area contributed by atoms with E-state index in [1.54, 1.807) is 36.8 Å². The van der Waals surface area contributed by atoms with Crippen LogP contribution in [0.3, 0.4) is 0 Å². The lowest BCUT2D eigenvalue weighted by Crippen LogP contribution is -2.01. The largest absolute Gasteiger partial charge is 0.337 e. The normalized spacial score (nSPS) is 10.6. The summed E-state index contributed by atoms with van der Waals surface area (Å²) in [5, 5.41) is 0. The standard InChI is InChI=1S/C16H18N2O/c1-3-4-5-6-7-15(2)8-9-16(19)10-12-18-13-11-17-14-18/h3-5,7-9,11,13-14H,2,10,12H2,1H3/b4-3-,9-8+. The SMILES string of the molecule is C=C(C=C=C/C=C\C)/C=C/C(=O)CCn1ccnc1. The molecule has 0 atom stereocenters. The van der Waals surface area contributed by atoms with Crippen LogP contribution in [-0.4, -0.2) is 15.3 Å². The van der Waals surface area contributed by atoms with Gasteiger partial charge in [0.2, 0.25) is 0 Å². The van der Waals surface area contributed by atoms with Crippen molar-refractivity contribution in [2.75, 3.05) is 0 Å². The smallest absolute Gasteiger partial charge is 0.157 e. The lowest BCUT2D eigenvalue weighted by atomic mass is 10.2. The van der Waals surface area contributed by atoms with Crippen molar-refractivity contribution in [2.45, 2.75) is 19.9 Å². The highest BCUT2D eigenvalue weighted by Crippen LogP contribution is 1.98. The summed E-state index contributed by atoms with van der Waals surface area (Å²) in [7, 11) is 0. The van der Waals surface area contributed by atoms with Gasteiger partial charge in [-0.25, -0.2) is 4.98 Å². The first kappa shape index (κ1) is 14.7. The minimum absolute atomic E-state index is 0.0701. The van der Waals surface area contributed by atoms with Gasteiger partial charge < -0.3 is 4.57 Å². The molecular weight excluding hydrogens is 236 g/mol. The van der Waals surface area contributed by atoms with Crippen LogP contribution in [0.1, 0.15) is 13.3 Å². The maximum Gasteiger partial charge on any atom is 0.157 e. The topological polar surface area (TPSA) is 34.9 Å². The Bertz CT molecular complexity index is 527. The molecule has 98 valence electrons. The second kappa shape index (κ2) is 8.67. The van der Waals surface area contributed by atoms with Crippen molar-refractivity contribution in [1.29, 1.82) is 0 Å². The van der Waals surface area contributed by atoms with E-state index in [-0.39, 0.29) is 5.78 Å². The Morgan fingerprint density at radius 3 is 3.00 bits per heavy atom. The average Bonchev–Trinajstić information content (AvgIpc) is 2.92. The molecule has 0 unspecified atom stereocenters. The zero-order valence-corrected chi connectivity index (χ0v) is 11.1. The number of aryl methyl sites for hydroxylation is 1. The van der Waals surface area contributed by atoms with E-state index in [1.807, 2.05) is 29.8 Å². The molecule has 0 fully saturated rings. The van der Waals surface area contributed by atoms with Crippen LogP contribution < -0.4 is 0 Å². The number of carbonyl (C=O) groups is 1. The first-order chi connectivity index (χ1) is 9.22. The van der Waals surface area contributed by atoms with Crippen LogP contribution in [-0.2, 0) is 11.3 Å². The van der Waals surface area contributed by atoms with Crippen molar-refractivity contribution < 1.29 is 4.79 Å². The molecular formula is C16H18N2O. The zero-order valence-electron chi connectivity index (χ0n) is 11.1. The molecule has 0 radical (unpaired) electrons. The fourth-order valence-corrected chi connectivity index (χ4v) is 1.30. The van der Waals surface area contributed by atoms with Crippen LogP contribution >= 0.6 is 0 Å². The van der Waals surface area contributed by atoms with Gasteiger partial charge in [-0.05, 0) is 30.7 Å². The lowest BCUT2D eigenvalue weighted by molar-refractivity contribution is -0.114. The Morgan fingerprint density at radius 1 is 1.47 bits per heavy atom. The van der Waals surface area contributed by atoms with E-state index in [0.29, 0.717) is 13.0 Å². The molecule has 1 aromatic rings. The molecule has 0 aliphatic carbocycles. The third-order valence-corrected chi connectivity index (χ3v) is 2.31. The number of aromatic nitrogens is 2. The van der Waals surface area contributed by atoms with Crippen LogP contribution in [0.25, 0.3) is 0 Å². The molecule has 0 saturated carbocycles. The van der Waals surface area contributed by atoms with Gasteiger partial charge in [0.05, 0.1) is 6.33 Å². The highest BCUT2D eigenvalue weighted by Gasteiger charge is 1.97. The van der Waals surface area contributed by atoms with Crippen molar-refractivity contribution in [1.82, 2.24) is 9.55 Å². The van der Waals surface area contributed by atoms with Gasteiger partial charge in [-0.2, -0.15) is 0 Å². The summed E-state index contributed by atoms with van der Waals surface area (Å²) in [6, 6.07) is 0. The Labute approximate surface area is 114 Å². The number of imidazole rings is 1. The third kappa shape index (κ3) is 6.81. The maximum atomic E-state index is 11.6. The number of carbonyl (C=O) groups excluding carboxylic acids is 1. The minimum Gasteiger partial charge on any atom is -0.337 e. The summed E-state index contributed by atoms with van der Waals surface area (Å²) < 4.78 is 1.88. The van der Waals surface area contributed by atoms with Gasteiger partial charge >= 0.3 is 0 Å². The summed E-state index contributed by atoms with van der Waals surface area (Å²) in [5.41, 5.74) is 3.70. The molecule has 1 rings (SSSR count). The number of nitrogens with zero attached hydrogens (tertiary/aromatic N) is 2. The number of hydrogen-bond acceptors (Lipinski definition) is 2. The summed E-state index contributed by atoms with van der Waals surface area (Å²) in [4.78, 5) is 15.5. The molecule has 1 heterocycles. The van der Waals surface area contributed by atoms with Gasteiger partial charge in [0, 0.05) is 25.4 Å². The number of hydrogen-bond donors (Lipinski definition) is 0. The third-order valence-electron chi connectivity index (χ3n) is 2.31. The molecule has 0 amide bonds. The van der Waals surface area contributed by atoms with Gasteiger partial charge in [-0.15, -0.1) is 5.73 Å². The molecule has 0 aliphatic rings. The van der Waals surface area contributed by atoms with E-state index in [9.17, 15) is 4.79 Å². The average molecular weight is 254 g/mol. The van der Waals surface area contributed by atoms with Crippen LogP contribution in [0.15, 0.2) is 73.1 Å². The molecule has 0 saturated heterocycles. The Hall–Kier alpha value is -2.38. The lowest BCUT2D eigenvalue weighted by Gasteiger charge is -1.97. The fraction of sp³-hybridized carbons (Fsp3) is 0.188. The quantitative estimate of drug-likeness (QED) is 0.425. The van der Waals surface area contributed by atoms with Gasteiger partial charge in [0.25, 0.3) is 0 Å². The molecule has 0 bridgehead atoms. The summed E-state index contributed by atoms with van der Waals surface area (Å²) in [5.74, 6) is 0.0701. The monoisotopic (exact) mass is 254 g/mol. The zero-order chi connectivity index (χ0) is 13.9. The van der Waals surface area contributed by atoms with Crippen LogP contribution in [0.5, 0.6) is 0 Å².